The number of piperidine rings is 1. The molecule has 2 aliphatic rings. The fraction of sp³-hybridized carbons (Fsp3) is 0.412. The summed E-state index contributed by atoms with van der Waals surface area (Å²) >= 11 is 0. The van der Waals surface area contributed by atoms with Crippen molar-refractivity contribution in [3.8, 4) is 5.69 Å². The van der Waals surface area contributed by atoms with Crippen LogP contribution in [0.5, 0.6) is 0 Å². The Labute approximate surface area is 144 Å². The Kier molecular flexibility index (Phi) is 3.96. The van der Waals surface area contributed by atoms with Crippen LogP contribution in [0.4, 0.5) is 5.69 Å². The summed E-state index contributed by atoms with van der Waals surface area (Å²) in [5.41, 5.74) is 1.18. The fourth-order valence-electron chi connectivity index (χ4n) is 3.75. The molecule has 8 heteroatoms. The molecule has 130 valence electrons. The lowest BCUT2D eigenvalue weighted by molar-refractivity contribution is -0.384. The highest BCUT2D eigenvalue weighted by Crippen LogP contribution is 2.27. The molecule has 1 aromatic carbocycles. The molecule has 2 fully saturated rings. The van der Waals surface area contributed by atoms with Gasteiger partial charge in [0.15, 0.2) is 0 Å². The Balaban J connectivity index is 1.43. The zero-order chi connectivity index (χ0) is 17.4. The predicted molar refractivity (Wildman–Crippen MR) is 90.7 cm³/mol. The van der Waals surface area contributed by atoms with Crippen molar-refractivity contribution in [1.29, 1.82) is 0 Å². The molecular formula is C17H19N5O3. The van der Waals surface area contributed by atoms with E-state index in [1.165, 1.54) is 31.2 Å². The van der Waals surface area contributed by atoms with E-state index in [4.69, 9.17) is 0 Å². The lowest BCUT2D eigenvalue weighted by Crippen LogP contribution is -2.47. The molecule has 2 unspecified atom stereocenters. The van der Waals surface area contributed by atoms with Crippen LogP contribution in [-0.4, -0.2) is 38.7 Å². The van der Waals surface area contributed by atoms with E-state index in [-0.39, 0.29) is 17.6 Å². The standard InChI is InChI=1S/C17H19N5O3/c23-17(20-14-7-12-1-2-13(8-14)19-12)11-9-18-21(10-11)15-3-5-16(6-4-15)22(24)25/h3-6,9-10,12-14,19H,1-2,7-8H2,(H,20,23). The van der Waals surface area contributed by atoms with Crippen LogP contribution in [-0.2, 0) is 0 Å². The zero-order valence-corrected chi connectivity index (χ0v) is 13.6. The first kappa shape index (κ1) is 15.8. The summed E-state index contributed by atoms with van der Waals surface area (Å²) in [7, 11) is 0. The van der Waals surface area contributed by atoms with Crippen molar-refractivity contribution in [2.24, 2.45) is 0 Å². The molecule has 2 N–H and O–H groups in total. The van der Waals surface area contributed by atoms with Gasteiger partial charge in [-0.05, 0) is 37.8 Å². The van der Waals surface area contributed by atoms with Crippen molar-refractivity contribution in [2.75, 3.05) is 0 Å². The van der Waals surface area contributed by atoms with Gasteiger partial charge in [-0.15, -0.1) is 0 Å². The molecule has 0 radical (unpaired) electrons. The van der Waals surface area contributed by atoms with Crippen LogP contribution in [0.2, 0.25) is 0 Å². The highest BCUT2D eigenvalue weighted by Gasteiger charge is 2.34. The molecule has 8 nitrogen and oxygen atoms in total. The van der Waals surface area contributed by atoms with E-state index in [2.05, 4.69) is 15.7 Å². The predicted octanol–water partition coefficient (Wildman–Crippen LogP) is 1.79. The quantitative estimate of drug-likeness (QED) is 0.652. The second-order valence-corrected chi connectivity index (χ2v) is 6.73. The molecule has 2 aromatic rings. The average Bonchev–Trinajstić information content (AvgIpc) is 3.22. The van der Waals surface area contributed by atoms with Gasteiger partial charge in [0, 0.05) is 36.5 Å². The molecule has 1 aromatic heterocycles. The van der Waals surface area contributed by atoms with Gasteiger partial charge in [-0.3, -0.25) is 14.9 Å². The molecule has 0 spiro atoms. The first-order valence-corrected chi connectivity index (χ1v) is 8.45. The van der Waals surface area contributed by atoms with Crippen molar-refractivity contribution >= 4 is 11.6 Å². The first-order chi connectivity index (χ1) is 12.1. The second-order valence-electron chi connectivity index (χ2n) is 6.73. The highest BCUT2D eigenvalue weighted by molar-refractivity contribution is 5.94. The van der Waals surface area contributed by atoms with Crippen LogP contribution in [0.25, 0.3) is 5.69 Å². The van der Waals surface area contributed by atoms with Crippen molar-refractivity contribution < 1.29 is 9.72 Å². The number of nitro benzene ring substituents is 1. The molecule has 2 atom stereocenters. The van der Waals surface area contributed by atoms with Crippen LogP contribution >= 0.6 is 0 Å². The van der Waals surface area contributed by atoms with Crippen molar-refractivity contribution in [1.82, 2.24) is 20.4 Å². The Bertz CT molecular complexity index is 789. The summed E-state index contributed by atoms with van der Waals surface area (Å²) in [6.45, 7) is 0. The minimum atomic E-state index is -0.447. The number of nitrogens with one attached hydrogen (secondary N) is 2. The Morgan fingerprint density at radius 3 is 2.56 bits per heavy atom. The molecular weight excluding hydrogens is 322 g/mol. The third kappa shape index (κ3) is 3.25. The molecule has 4 rings (SSSR count). The van der Waals surface area contributed by atoms with Gasteiger partial charge in [0.25, 0.3) is 11.6 Å². The summed E-state index contributed by atoms with van der Waals surface area (Å²) in [5.74, 6) is -0.125. The minimum absolute atomic E-state index is 0.0226. The Morgan fingerprint density at radius 2 is 1.92 bits per heavy atom. The van der Waals surface area contributed by atoms with Crippen molar-refractivity contribution in [3.63, 3.8) is 0 Å². The van der Waals surface area contributed by atoms with Crippen LogP contribution in [0, 0.1) is 10.1 Å². The third-order valence-electron chi connectivity index (χ3n) is 4.98. The third-order valence-corrected chi connectivity index (χ3v) is 4.98. The molecule has 2 bridgehead atoms. The van der Waals surface area contributed by atoms with Gasteiger partial charge in [0.05, 0.1) is 22.4 Å². The molecule has 0 aliphatic carbocycles. The molecule has 2 saturated heterocycles. The largest absolute Gasteiger partial charge is 0.349 e. The van der Waals surface area contributed by atoms with Gasteiger partial charge in [0.2, 0.25) is 0 Å². The SMILES string of the molecule is O=C(NC1CC2CCC(C1)N2)c1cnn(-c2ccc([N+](=O)[O-])cc2)c1. The van der Waals surface area contributed by atoms with Crippen LogP contribution in [0.1, 0.15) is 36.0 Å². The van der Waals surface area contributed by atoms with Crippen LogP contribution in [0.15, 0.2) is 36.7 Å². The first-order valence-electron chi connectivity index (χ1n) is 8.45. The molecule has 25 heavy (non-hydrogen) atoms. The van der Waals surface area contributed by atoms with Gasteiger partial charge in [0.1, 0.15) is 0 Å². The summed E-state index contributed by atoms with van der Waals surface area (Å²) in [6.07, 6.45) is 7.49. The number of rotatable bonds is 4. The van der Waals surface area contributed by atoms with Crippen molar-refractivity contribution in [2.45, 2.75) is 43.8 Å². The Hall–Kier alpha value is -2.74. The highest BCUT2D eigenvalue weighted by atomic mass is 16.6. The number of amides is 1. The average molecular weight is 341 g/mol. The maximum absolute atomic E-state index is 12.5. The molecule has 2 aliphatic heterocycles. The van der Waals surface area contributed by atoms with Gasteiger partial charge in [-0.1, -0.05) is 0 Å². The van der Waals surface area contributed by atoms with E-state index in [9.17, 15) is 14.9 Å². The lowest BCUT2D eigenvalue weighted by Gasteiger charge is -2.29. The number of hydrogen-bond acceptors (Lipinski definition) is 5. The number of non-ortho nitro benzene ring substituents is 1. The number of nitro groups is 1. The van der Waals surface area contributed by atoms with E-state index in [1.54, 1.807) is 23.0 Å². The maximum atomic E-state index is 12.5. The number of carbonyl (C=O) groups excluding carboxylic acids is 1. The van der Waals surface area contributed by atoms with Gasteiger partial charge < -0.3 is 10.6 Å². The van der Waals surface area contributed by atoms with E-state index in [0.717, 1.165) is 12.8 Å². The summed E-state index contributed by atoms with van der Waals surface area (Å²) in [5, 5.41) is 21.6. The van der Waals surface area contributed by atoms with Gasteiger partial charge in [-0.25, -0.2) is 4.68 Å². The summed E-state index contributed by atoms with van der Waals surface area (Å²) in [4.78, 5) is 22.7. The van der Waals surface area contributed by atoms with Crippen LogP contribution < -0.4 is 10.6 Å². The van der Waals surface area contributed by atoms with E-state index in [1.807, 2.05) is 0 Å². The van der Waals surface area contributed by atoms with Crippen LogP contribution in [0.3, 0.4) is 0 Å². The number of aromatic nitrogens is 2. The number of hydrogen-bond donors (Lipinski definition) is 2. The minimum Gasteiger partial charge on any atom is -0.349 e. The molecule has 0 saturated carbocycles. The van der Waals surface area contributed by atoms with E-state index < -0.39 is 4.92 Å². The van der Waals surface area contributed by atoms with E-state index in [0.29, 0.717) is 23.3 Å². The number of carbonyl (C=O) groups is 1. The monoisotopic (exact) mass is 341 g/mol. The number of benzene rings is 1. The number of fused-ring (bicyclic) bond motifs is 2. The van der Waals surface area contributed by atoms with E-state index >= 15 is 0 Å². The summed E-state index contributed by atoms with van der Waals surface area (Å²) in [6, 6.07) is 7.30. The maximum Gasteiger partial charge on any atom is 0.269 e. The molecule has 3 heterocycles. The van der Waals surface area contributed by atoms with Gasteiger partial charge >= 0.3 is 0 Å². The lowest BCUT2D eigenvalue weighted by atomic mass is 9.99. The molecule has 1 amide bonds. The van der Waals surface area contributed by atoms with Crippen molar-refractivity contribution in [3.05, 3.63) is 52.3 Å². The fourth-order valence-corrected chi connectivity index (χ4v) is 3.75. The topological polar surface area (TPSA) is 102 Å². The van der Waals surface area contributed by atoms with Gasteiger partial charge in [-0.2, -0.15) is 5.10 Å². The number of nitrogens with zero attached hydrogens (tertiary/aromatic N) is 3. The Morgan fingerprint density at radius 1 is 1.24 bits per heavy atom. The normalized spacial score (nSPS) is 24.9. The summed E-state index contributed by atoms with van der Waals surface area (Å²) < 4.78 is 1.55. The second kappa shape index (κ2) is 6.29. The smallest absolute Gasteiger partial charge is 0.269 e. The zero-order valence-electron chi connectivity index (χ0n) is 13.6.